The van der Waals surface area contributed by atoms with Gasteiger partial charge >= 0.3 is 5.97 Å². The third-order valence-electron chi connectivity index (χ3n) is 5.71. The topological polar surface area (TPSA) is 112 Å². The standard InChI is InChI=1S/C26H26N4O4S/c1-4-30(16-24(31)32)35(33,34)23-15-19(13-12-18(23)3)25-21-10-5-6-11-22(21)26(29-28-25)27-20-9-7-8-17(2)14-20/h5-15H,4,16H2,1-3H3,(H,27,29)(H,31,32). The zero-order chi connectivity index (χ0) is 25.2. The lowest BCUT2D eigenvalue weighted by Crippen LogP contribution is -2.35. The van der Waals surface area contributed by atoms with Crippen molar-refractivity contribution in [3.8, 4) is 11.3 Å². The fourth-order valence-electron chi connectivity index (χ4n) is 3.95. The van der Waals surface area contributed by atoms with Crippen LogP contribution in [-0.2, 0) is 14.8 Å². The van der Waals surface area contributed by atoms with Crippen molar-refractivity contribution in [1.29, 1.82) is 0 Å². The second kappa shape index (κ2) is 9.81. The number of hydrogen-bond acceptors (Lipinski definition) is 6. The molecule has 0 bridgehead atoms. The van der Waals surface area contributed by atoms with Crippen molar-refractivity contribution in [2.75, 3.05) is 18.4 Å². The van der Waals surface area contributed by atoms with Crippen LogP contribution in [0.2, 0.25) is 0 Å². The molecule has 0 saturated carbocycles. The fourth-order valence-corrected chi connectivity index (χ4v) is 5.60. The van der Waals surface area contributed by atoms with Crippen molar-refractivity contribution in [2.45, 2.75) is 25.7 Å². The Balaban J connectivity index is 1.81. The van der Waals surface area contributed by atoms with Gasteiger partial charge in [-0.15, -0.1) is 10.2 Å². The van der Waals surface area contributed by atoms with Gasteiger partial charge in [-0.05, 0) is 43.2 Å². The highest BCUT2D eigenvalue weighted by Crippen LogP contribution is 2.33. The van der Waals surface area contributed by atoms with Gasteiger partial charge in [-0.25, -0.2) is 8.42 Å². The summed E-state index contributed by atoms with van der Waals surface area (Å²) in [6, 6.07) is 20.6. The third-order valence-corrected chi connectivity index (χ3v) is 7.77. The number of sulfonamides is 1. The van der Waals surface area contributed by atoms with Crippen molar-refractivity contribution in [1.82, 2.24) is 14.5 Å². The van der Waals surface area contributed by atoms with Crippen LogP contribution in [0.4, 0.5) is 11.5 Å². The Hall–Kier alpha value is -3.82. The van der Waals surface area contributed by atoms with Gasteiger partial charge in [0, 0.05) is 28.6 Å². The van der Waals surface area contributed by atoms with E-state index >= 15 is 0 Å². The quantitative estimate of drug-likeness (QED) is 0.366. The lowest BCUT2D eigenvalue weighted by atomic mass is 10.0. The highest BCUT2D eigenvalue weighted by molar-refractivity contribution is 7.89. The maximum Gasteiger partial charge on any atom is 0.318 e. The van der Waals surface area contributed by atoms with Crippen LogP contribution < -0.4 is 5.32 Å². The largest absolute Gasteiger partial charge is 0.480 e. The highest BCUT2D eigenvalue weighted by atomic mass is 32.2. The van der Waals surface area contributed by atoms with Crippen LogP contribution in [0.15, 0.2) is 71.6 Å². The van der Waals surface area contributed by atoms with Gasteiger partial charge in [-0.1, -0.05) is 55.5 Å². The number of nitrogens with zero attached hydrogens (tertiary/aromatic N) is 3. The van der Waals surface area contributed by atoms with Gasteiger partial charge in [0.25, 0.3) is 0 Å². The smallest absolute Gasteiger partial charge is 0.318 e. The predicted molar refractivity (Wildman–Crippen MR) is 136 cm³/mol. The molecule has 0 aliphatic heterocycles. The number of carbonyl (C=O) groups is 1. The molecule has 0 spiro atoms. The lowest BCUT2D eigenvalue weighted by molar-refractivity contribution is -0.137. The van der Waals surface area contributed by atoms with Crippen LogP contribution in [0.3, 0.4) is 0 Å². The summed E-state index contributed by atoms with van der Waals surface area (Å²) in [6.45, 7) is 4.74. The van der Waals surface area contributed by atoms with Crippen LogP contribution >= 0.6 is 0 Å². The van der Waals surface area contributed by atoms with E-state index < -0.39 is 22.5 Å². The van der Waals surface area contributed by atoms with Gasteiger partial charge in [-0.2, -0.15) is 4.31 Å². The number of rotatable bonds is 8. The van der Waals surface area contributed by atoms with E-state index in [0.717, 1.165) is 26.3 Å². The maximum atomic E-state index is 13.3. The van der Waals surface area contributed by atoms with E-state index in [-0.39, 0.29) is 11.4 Å². The van der Waals surface area contributed by atoms with Gasteiger partial charge in [-0.3, -0.25) is 4.79 Å². The molecule has 3 aromatic carbocycles. The Morgan fingerprint density at radius 2 is 1.71 bits per heavy atom. The molecule has 0 amide bonds. The van der Waals surface area contributed by atoms with Crippen LogP contribution in [0, 0.1) is 13.8 Å². The second-order valence-corrected chi connectivity index (χ2v) is 10.1. The molecule has 0 atom stereocenters. The van der Waals surface area contributed by atoms with Gasteiger partial charge in [0.15, 0.2) is 5.82 Å². The van der Waals surface area contributed by atoms with E-state index in [0.29, 0.717) is 22.6 Å². The molecule has 0 radical (unpaired) electrons. The zero-order valence-electron chi connectivity index (χ0n) is 19.7. The summed E-state index contributed by atoms with van der Waals surface area (Å²) in [5.41, 5.74) is 3.63. The molecule has 0 unspecified atom stereocenters. The minimum Gasteiger partial charge on any atom is -0.480 e. The van der Waals surface area contributed by atoms with Gasteiger partial charge < -0.3 is 10.4 Å². The summed E-state index contributed by atoms with van der Waals surface area (Å²) >= 11 is 0. The number of anilines is 2. The molecule has 0 saturated heterocycles. The molecule has 4 rings (SSSR count). The van der Waals surface area contributed by atoms with E-state index in [9.17, 15) is 13.2 Å². The van der Waals surface area contributed by atoms with E-state index in [1.165, 1.54) is 0 Å². The monoisotopic (exact) mass is 490 g/mol. The summed E-state index contributed by atoms with van der Waals surface area (Å²) in [5, 5.41) is 23.0. The van der Waals surface area contributed by atoms with Gasteiger partial charge in [0.2, 0.25) is 10.0 Å². The zero-order valence-corrected chi connectivity index (χ0v) is 20.5. The molecule has 2 N–H and O–H groups in total. The Kier molecular flexibility index (Phi) is 6.81. The Morgan fingerprint density at radius 3 is 2.40 bits per heavy atom. The first-order valence-electron chi connectivity index (χ1n) is 11.1. The minimum atomic E-state index is -4.02. The van der Waals surface area contributed by atoms with Gasteiger partial charge in [0.05, 0.1) is 4.90 Å². The molecule has 8 nitrogen and oxygen atoms in total. The van der Waals surface area contributed by atoms with Crippen LogP contribution in [0.5, 0.6) is 0 Å². The summed E-state index contributed by atoms with van der Waals surface area (Å²) in [7, 11) is -4.02. The number of carboxylic acid groups (broad SMARTS) is 1. The number of aromatic nitrogens is 2. The summed E-state index contributed by atoms with van der Waals surface area (Å²) in [6.07, 6.45) is 0. The summed E-state index contributed by atoms with van der Waals surface area (Å²) in [5.74, 6) is -0.619. The normalized spacial score (nSPS) is 11.7. The van der Waals surface area contributed by atoms with E-state index in [1.54, 1.807) is 32.0 Å². The molecule has 0 aliphatic carbocycles. The average Bonchev–Trinajstić information content (AvgIpc) is 2.83. The number of hydrogen-bond donors (Lipinski definition) is 2. The number of benzene rings is 3. The highest BCUT2D eigenvalue weighted by Gasteiger charge is 2.27. The maximum absolute atomic E-state index is 13.3. The first kappa shape index (κ1) is 24.3. The molecule has 1 aromatic heterocycles. The first-order valence-corrected chi connectivity index (χ1v) is 12.6. The number of fused-ring (bicyclic) bond motifs is 1. The van der Waals surface area contributed by atoms with E-state index in [2.05, 4.69) is 15.5 Å². The van der Waals surface area contributed by atoms with Crippen LogP contribution in [0.1, 0.15) is 18.1 Å². The van der Waals surface area contributed by atoms with Crippen molar-refractivity contribution >= 4 is 38.3 Å². The molecule has 9 heteroatoms. The Bertz CT molecular complexity index is 1520. The number of aliphatic carboxylic acids is 1. The van der Waals surface area contributed by atoms with Crippen molar-refractivity contribution in [3.63, 3.8) is 0 Å². The number of likely N-dealkylation sites (N-methyl/N-ethyl adjacent to an activating group) is 1. The molecular formula is C26H26N4O4S. The number of aryl methyl sites for hydroxylation is 2. The lowest BCUT2D eigenvalue weighted by Gasteiger charge is -2.20. The minimum absolute atomic E-state index is 0.0420. The SMILES string of the molecule is CCN(CC(=O)O)S(=O)(=O)c1cc(-c2nnc(Nc3cccc(C)c3)c3ccccc23)ccc1C. The molecular weight excluding hydrogens is 464 g/mol. The summed E-state index contributed by atoms with van der Waals surface area (Å²) < 4.78 is 27.5. The van der Waals surface area contributed by atoms with Crippen LogP contribution in [0.25, 0.3) is 22.0 Å². The van der Waals surface area contributed by atoms with Crippen LogP contribution in [-0.4, -0.2) is 47.1 Å². The molecule has 0 aliphatic rings. The molecule has 1 heterocycles. The molecule has 35 heavy (non-hydrogen) atoms. The number of carboxylic acids is 1. The van der Waals surface area contributed by atoms with Crippen molar-refractivity contribution in [2.24, 2.45) is 0 Å². The number of nitrogens with one attached hydrogen (secondary N) is 1. The average molecular weight is 491 g/mol. The summed E-state index contributed by atoms with van der Waals surface area (Å²) in [4.78, 5) is 11.3. The Morgan fingerprint density at radius 1 is 0.971 bits per heavy atom. The second-order valence-electron chi connectivity index (χ2n) is 8.24. The third kappa shape index (κ3) is 5.01. The molecule has 4 aromatic rings. The van der Waals surface area contributed by atoms with Gasteiger partial charge in [0.1, 0.15) is 12.2 Å². The van der Waals surface area contributed by atoms with E-state index in [4.69, 9.17) is 5.11 Å². The van der Waals surface area contributed by atoms with Crippen molar-refractivity contribution < 1.29 is 18.3 Å². The molecule has 180 valence electrons. The Labute approximate surface area is 204 Å². The van der Waals surface area contributed by atoms with Crippen molar-refractivity contribution in [3.05, 3.63) is 77.9 Å². The van der Waals surface area contributed by atoms with E-state index in [1.807, 2.05) is 55.5 Å². The fraction of sp³-hybridized carbons (Fsp3) is 0.192. The predicted octanol–water partition coefficient (Wildman–Crippen LogP) is 4.75. The first-order chi connectivity index (χ1) is 16.7. The molecule has 0 fully saturated rings.